The fraction of sp³-hybridized carbons (Fsp3) is 0. The van der Waals surface area contributed by atoms with Crippen LogP contribution in [0.1, 0.15) is 0 Å². The lowest BCUT2D eigenvalue weighted by Gasteiger charge is -2.43. The molecule has 1 aromatic heterocycles. The molecule has 0 fully saturated rings. The Morgan fingerprint density at radius 3 is 1.14 bits per heavy atom. The Balaban J connectivity index is 1.13. The molecule has 8 aromatic rings. The molecule has 10 rings (SSSR count). The van der Waals surface area contributed by atoms with Crippen molar-refractivity contribution >= 4 is 45.9 Å². The zero-order valence-corrected chi connectivity index (χ0v) is 28.1. The first-order valence-corrected chi connectivity index (χ1v) is 19.0. The summed E-state index contributed by atoms with van der Waals surface area (Å²) in [5.41, 5.74) is 9.13. The molecule has 0 unspecified atom stereocenters. The van der Waals surface area contributed by atoms with E-state index in [1.165, 1.54) is 43.2 Å². The first-order valence-electron chi connectivity index (χ1n) is 17.0. The van der Waals surface area contributed by atoms with Gasteiger partial charge in [-0.3, -0.25) is 0 Å². The van der Waals surface area contributed by atoms with Gasteiger partial charge in [-0.05, 0) is 68.3 Å². The summed E-state index contributed by atoms with van der Waals surface area (Å²) >= 11 is 0. The molecule has 0 amide bonds. The number of nitrogens with zero attached hydrogens (tertiary/aromatic N) is 4. The van der Waals surface area contributed by atoms with Gasteiger partial charge in [0.05, 0.1) is 0 Å². The minimum Gasteiger partial charge on any atom is -0.311 e. The summed E-state index contributed by atoms with van der Waals surface area (Å²) in [6.07, 6.45) is 0. The molecule has 234 valence electrons. The van der Waals surface area contributed by atoms with Gasteiger partial charge in [-0.2, -0.15) is 0 Å². The minimum absolute atomic E-state index is 0.647. The zero-order valence-electron chi connectivity index (χ0n) is 27.1. The maximum absolute atomic E-state index is 4.97. The third-order valence-electron chi connectivity index (χ3n) is 10.1. The van der Waals surface area contributed by atoms with Crippen molar-refractivity contribution in [1.29, 1.82) is 0 Å². The largest absolute Gasteiger partial charge is 0.311 e. The number of aromatic nitrogens is 3. The van der Waals surface area contributed by atoms with Gasteiger partial charge in [0.2, 0.25) is 0 Å². The van der Waals surface area contributed by atoms with E-state index in [9.17, 15) is 0 Å². The van der Waals surface area contributed by atoms with Crippen LogP contribution >= 0.6 is 0 Å². The van der Waals surface area contributed by atoms with Crippen molar-refractivity contribution in [3.8, 4) is 45.3 Å². The Bertz CT molecular complexity index is 2400. The molecule has 0 N–H and O–H groups in total. The number of hydrogen-bond acceptors (Lipinski definition) is 4. The Kier molecular flexibility index (Phi) is 6.47. The van der Waals surface area contributed by atoms with Gasteiger partial charge in [-0.15, -0.1) is 0 Å². The summed E-state index contributed by atoms with van der Waals surface area (Å²) < 4.78 is 0. The van der Waals surface area contributed by atoms with Crippen LogP contribution in [0.2, 0.25) is 0 Å². The van der Waals surface area contributed by atoms with Gasteiger partial charge in [0.1, 0.15) is 0 Å². The molecule has 2 aliphatic rings. The molecule has 0 saturated heterocycles. The lowest BCUT2D eigenvalue weighted by molar-refractivity contribution is 1.07. The summed E-state index contributed by atoms with van der Waals surface area (Å²) in [7, 11) is -2.59. The maximum Gasteiger partial charge on any atom is 0.185 e. The highest BCUT2D eigenvalue weighted by Crippen LogP contribution is 2.41. The van der Waals surface area contributed by atoms with Crippen molar-refractivity contribution in [2.24, 2.45) is 0 Å². The first-order chi connectivity index (χ1) is 24.8. The summed E-state index contributed by atoms with van der Waals surface area (Å²) in [5.74, 6) is 1.96. The summed E-state index contributed by atoms with van der Waals surface area (Å²) in [6, 6.07) is 65.2. The molecule has 7 aromatic carbocycles. The van der Waals surface area contributed by atoms with Crippen molar-refractivity contribution in [3.63, 3.8) is 0 Å². The van der Waals surface area contributed by atoms with Crippen LogP contribution < -0.4 is 25.6 Å². The molecule has 3 heterocycles. The lowest BCUT2D eigenvalue weighted by atomic mass is 10.1. The lowest BCUT2D eigenvalue weighted by Crippen LogP contribution is -2.75. The molecule has 0 atom stereocenters. The second-order valence-corrected chi connectivity index (χ2v) is 16.5. The molecule has 0 bridgehead atoms. The van der Waals surface area contributed by atoms with Crippen LogP contribution in [0.25, 0.3) is 45.3 Å². The SMILES string of the molecule is c1ccc(-c2nc(-c3ccccc3)nc(-c3ccc(N4c5ccccc5[Si]5(c6ccccc6-c6ccccc65)c5ccccc54)cc3)n2)cc1. The van der Waals surface area contributed by atoms with Crippen molar-refractivity contribution in [2.45, 2.75) is 0 Å². The van der Waals surface area contributed by atoms with Gasteiger partial charge in [0.25, 0.3) is 0 Å². The predicted octanol–water partition coefficient (Wildman–Crippen LogP) is 8.01. The smallest absolute Gasteiger partial charge is 0.185 e. The van der Waals surface area contributed by atoms with Gasteiger partial charge in [-0.1, -0.05) is 146 Å². The second-order valence-electron chi connectivity index (χ2n) is 12.8. The zero-order chi connectivity index (χ0) is 33.1. The summed E-state index contributed by atoms with van der Waals surface area (Å²) in [6.45, 7) is 0. The number of para-hydroxylation sites is 2. The normalized spacial score (nSPS) is 13.3. The van der Waals surface area contributed by atoms with E-state index in [2.05, 4.69) is 126 Å². The Morgan fingerprint density at radius 2 is 0.680 bits per heavy atom. The highest BCUT2D eigenvalue weighted by atomic mass is 28.3. The molecule has 0 aliphatic carbocycles. The number of fused-ring (bicyclic) bond motifs is 9. The summed E-state index contributed by atoms with van der Waals surface area (Å²) in [5, 5.41) is 5.76. The average Bonchev–Trinajstić information content (AvgIpc) is 3.49. The standard InChI is InChI=1S/C45H30N4Si/c1-3-15-31(16-4-1)43-46-44(32-17-5-2-6-18-32)48-45(47-43)33-27-29-34(30-28-33)49-37-21-9-13-25-41(37)50(42-26-14-10-22-38(42)49)39-23-11-7-19-35(39)36-20-8-12-24-40(36)50/h1-30H. The Morgan fingerprint density at radius 1 is 0.320 bits per heavy atom. The van der Waals surface area contributed by atoms with Crippen molar-refractivity contribution in [1.82, 2.24) is 15.0 Å². The van der Waals surface area contributed by atoms with E-state index < -0.39 is 8.07 Å². The Labute approximate surface area is 292 Å². The molecule has 2 aliphatic heterocycles. The van der Waals surface area contributed by atoms with Gasteiger partial charge < -0.3 is 4.90 Å². The topological polar surface area (TPSA) is 41.9 Å². The predicted molar refractivity (Wildman–Crippen MR) is 207 cm³/mol. The molecule has 0 saturated carbocycles. The van der Waals surface area contributed by atoms with E-state index in [1.54, 1.807) is 0 Å². The molecule has 5 heteroatoms. The Hall–Kier alpha value is -6.43. The van der Waals surface area contributed by atoms with E-state index in [4.69, 9.17) is 15.0 Å². The van der Waals surface area contributed by atoms with E-state index in [0.717, 1.165) is 22.4 Å². The highest BCUT2D eigenvalue weighted by Gasteiger charge is 2.53. The molecule has 4 nitrogen and oxygen atoms in total. The van der Waals surface area contributed by atoms with Gasteiger partial charge in [0.15, 0.2) is 25.5 Å². The maximum atomic E-state index is 4.97. The van der Waals surface area contributed by atoms with Crippen LogP contribution in [-0.4, -0.2) is 23.0 Å². The van der Waals surface area contributed by atoms with Crippen LogP contribution in [-0.2, 0) is 0 Å². The van der Waals surface area contributed by atoms with E-state index in [1.807, 2.05) is 60.7 Å². The number of rotatable bonds is 4. The number of anilines is 3. The molecular weight excluding hydrogens is 625 g/mol. The quantitative estimate of drug-likeness (QED) is 0.180. The first kappa shape index (κ1) is 28.6. The van der Waals surface area contributed by atoms with Crippen LogP contribution in [0.15, 0.2) is 182 Å². The van der Waals surface area contributed by atoms with Crippen LogP contribution in [0.3, 0.4) is 0 Å². The average molecular weight is 655 g/mol. The third-order valence-corrected chi connectivity index (χ3v) is 15.1. The monoisotopic (exact) mass is 654 g/mol. The molecule has 0 radical (unpaired) electrons. The number of hydrogen-bond donors (Lipinski definition) is 0. The van der Waals surface area contributed by atoms with Crippen molar-refractivity contribution < 1.29 is 0 Å². The van der Waals surface area contributed by atoms with Gasteiger partial charge >= 0.3 is 0 Å². The van der Waals surface area contributed by atoms with Crippen molar-refractivity contribution in [3.05, 3.63) is 182 Å². The van der Waals surface area contributed by atoms with Crippen LogP contribution in [0.4, 0.5) is 17.1 Å². The molecule has 50 heavy (non-hydrogen) atoms. The van der Waals surface area contributed by atoms with E-state index >= 15 is 0 Å². The van der Waals surface area contributed by atoms with E-state index in [-0.39, 0.29) is 0 Å². The van der Waals surface area contributed by atoms with Crippen LogP contribution in [0.5, 0.6) is 0 Å². The highest BCUT2D eigenvalue weighted by molar-refractivity contribution is 7.23. The van der Waals surface area contributed by atoms with Gasteiger partial charge in [-0.25, -0.2) is 15.0 Å². The van der Waals surface area contributed by atoms with Gasteiger partial charge in [0, 0.05) is 33.8 Å². The minimum atomic E-state index is -2.59. The second kappa shape index (κ2) is 11.3. The third kappa shape index (κ3) is 4.20. The summed E-state index contributed by atoms with van der Waals surface area (Å²) in [4.78, 5) is 17.3. The van der Waals surface area contributed by atoms with Crippen molar-refractivity contribution in [2.75, 3.05) is 4.90 Å². The molecule has 1 spiro atoms. The number of benzene rings is 7. The fourth-order valence-corrected chi connectivity index (χ4v) is 13.6. The van der Waals surface area contributed by atoms with Crippen LogP contribution in [0, 0.1) is 0 Å². The molecular formula is C45H30N4Si. The fourth-order valence-electron chi connectivity index (χ4n) is 8.04. The van der Waals surface area contributed by atoms with E-state index in [0.29, 0.717) is 17.5 Å².